The summed E-state index contributed by atoms with van der Waals surface area (Å²) in [5, 5.41) is 0. The molecule has 56 valence electrons. The molecule has 0 aromatic heterocycles. The predicted molar refractivity (Wildman–Crippen MR) is 38.5 cm³/mol. The standard InChI is InChI=1S/C8H12O2/c1-10-8(9)7-5-3-2-4-6-7/h3,5,7H,2,4,6H2,1H3/t7-/m1/s1. The van der Waals surface area contributed by atoms with E-state index in [4.69, 9.17) is 0 Å². The van der Waals surface area contributed by atoms with E-state index in [0.717, 1.165) is 19.3 Å². The molecule has 0 N–H and O–H groups in total. The third-order valence-corrected chi connectivity index (χ3v) is 1.76. The summed E-state index contributed by atoms with van der Waals surface area (Å²) in [5.74, 6) is -0.0744. The van der Waals surface area contributed by atoms with Crippen LogP contribution in [0.4, 0.5) is 0 Å². The Labute approximate surface area is 60.9 Å². The quantitative estimate of drug-likeness (QED) is 0.407. The summed E-state index contributed by atoms with van der Waals surface area (Å²) in [6.45, 7) is 0. The highest BCUT2D eigenvalue weighted by atomic mass is 16.5. The third kappa shape index (κ3) is 1.59. The molecular formula is C8H12O2. The number of carbonyl (C=O) groups excluding carboxylic acids is 1. The van der Waals surface area contributed by atoms with Gasteiger partial charge in [0.2, 0.25) is 0 Å². The summed E-state index contributed by atoms with van der Waals surface area (Å²) < 4.78 is 4.60. The van der Waals surface area contributed by atoms with Gasteiger partial charge >= 0.3 is 5.97 Å². The van der Waals surface area contributed by atoms with E-state index >= 15 is 0 Å². The molecule has 0 radical (unpaired) electrons. The van der Waals surface area contributed by atoms with Gasteiger partial charge < -0.3 is 4.74 Å². The average molecular weight is 140 g/mol. The van der Waals surface area contributed by atoms with Crippen molar-refractivity contribution in [2.45, 2.75) is 19.3 Å². The zero-order valence-electron chi connectivity index (χ0n) is 6.17. The summed E-state index contributed by atoms with van der Waals surface area (Å²) in [4.78, 5) is 10.9. The van der Waals surface area contributed by atoms with Gasteiger partial charge in [0, 0.05) is 0 Å². The first-order valence-electron chi connectivity index (χ1n) is 3.59. The molecule has 1 aliphatic rings. The molecular weight excluding hydrogens is 128 g/mol. The average Bonchev–Trinajstić information content (AvgIpc) is 2.05. The fraction of sp³-hybridized carbons (Fsp3) is 0.625. The number of allylic oxidation sites excluding steroid dienone is 1. The summed E-state index contributed by atoms with van der Waals surface area (Å²) >= 11 is 0. The third-order valence-electron chi connectivity index (χ3n) is 1.76. The molecule has 0 unspecified atom stereocenters. The second-order valence-electron chi connectivity index (χ2n) is 2.49. The monoisotopic (exact) mass is 140 g/mol. The second kappa shape index (κ2) is 3.40. The highest BCUT2D eigenvalue weighted by Crippen LogP contribution is 2.17. The summed E-state index contributed by atoms with van der Waals surface area (Å²) in [6, 6.07) is 0. The minimum atomic E-state index is -0.101. The highest BCUT2D eigenvalue weighted by molar-refractivity contribution is 5.74. The topological polar surface area (TPSA) is 26.3 Å². The lowest BCUT2D eigenvalue weighted by atomic mass is 9.96. The fourth-order valence-electron chi connectivity index (χ4n) is 1.16. The SMILES string of the molecule is COC(=O)[C@@H]1C=CCCC1. The Morgan fingerprint density at radius 1 is 1.70 bits per heavy atom. The Morgan fingerprint density at radius 2 is 2.50 bits per heavy atom. The summed E-state index contributed by atoms with van der Waals surface area (Å²) in [7, 11) is 1.44. The van der Waals surface area contributed by atoms with Gasteiger partial charge in [-0.1, -0.05) is 12.2 Å². The number of hydrogen-bond acceptors (Lipinski definition) is 2. The van der Waals surface area contributed by atoms with Gasteiger partial charge in [-0.05, 0) is 19.3 Å². The zero-order chi connectivity index (χ0) is 7.40. The van der Waals surface area contributed by atoms with E-state index in [1.807, 2.05) is 12.2 Å². The van der Waals surface area contributed by atoms with Crippen LogP contribution in [-0.2, 0) is 9.53 Å². The molecule has 0 aliphatic heterocycles. The van der Waals surface area contributed by atoms with Crippen molar-refractivity contribution >= 4 is 5.97 Å². The summed E-state index contributed by atoms with van der Waals surface area (Å²) in [6.07, 6.45) is 7.15. The van der Waals surface area contributed by atoms with Crippen LogP contribution in [0.5, 0.6) is 0 Å². The van der Waals surface area contributed by atoms with E-state index < -0.39 is 0 Å². The van der Waals surface area contributed by atoms with Crippen molar-refractivity contribution in [3.8, 4) is 0 Å². The molecule has 0 spiro atoms. The number of ether oxygens (including phenoxy) is 1. The molecule has 2 nitrogen and oxygen atoms in total. The largest absolute Gasteiger partial charge is 0.469 e. The van der Waals surface area contributed by atoms with Gasteiger partial charge in [0.15, 0.2) is 0 Å². The van der Waals surface area contributed by atoms with E-state index in [9.17, 15) is 4.79 Å². The molecule has 1 rings (SSSR count). The Balaban J connectivity index is 2.46. The van der Waals surface area contributed by atoms with Gasteiger partial charge in [0.25, 0.3) is 0 Å². The molecule has 10 heavy (non-hydrogen) atoms. The number of carbonyl (C=O) groups is 1. The Morgan fingerprint density at radius 3 is 3.00 bits per heavy atom. The number of hydrogen-bond donors (Lipinski definition) is 0. The molecule has 0 aromatic rings. The number of methoxy groups -OCH3 is 1. The van der Waals surface area contributed by atoms with Crippen molar-refractivity contribution in [1.82, 2.24) is 0 Å². The minimum Gasteiger partial charge on any atom is -0.469 e. The molecule has 0 aromatic carbocycles. The lowest BCUT2D eigenvalue weighted by Gasteiger charge is -2.12. The van der Waals surface area contributed by atoms with Crippen LogP contribution in [0, 0.1) is 5.92 Å². The summed E-state index contributed by atoms with van der Waals surface area (Å²) in [5.41, 5.74) is 0. The van der Waals surface area contributed by atoms with Crippen LogP contribution < -0.4 is 0 Å². The van der Waals surface area contributed by atoms with Crippen LogP contribution in [-0.4, -0.2) is 13.1 Å². The van der Waals surface area contributed by atoms with Crippen LogP contribution in [0.15, 0.2) is 12.2 Å². The molecule has 0 bridgehead atoms. The first-order valence-corrected chi connectivity index (χ1v) is 3.59. The molecule has 1 atom stereocenters. The van der Waals surface area contributed by atoms with Gasteiger partial charge in [0.1, 0.15) is 0 Å². The second-order valence-corrected chi connectivity index (χ2v) is 2.49. The zero-order valence-corrected chi connectivity index (χ0v) is 6.17. The maximum Gasteiger partial charge on any atom is 0.312 e. The lowest BCUT2D eigenvalue weighted by Crippen LogP contribution is -2.15. The van der Waals surface area contributed by atoms with E-state index in [1.165, 1.54) is 7.11 Å². The minimum absolute atomic E-state index is 0.0266. The number of esters is 1. The lowest BCUT2D eigenvalue weighted by molar-refractivity contribution is -0.144. The van der Waals surface area contributed by atoms with Crippen molar-refractivity contribution in [1.29, 1.82) is 0 Å². The molecule has 0 amide bonds. The van der Waals surface area contributed by atoms with Gasteiger partial charge in [-0.3, -0.25) is 4.79 Å². The maximum atomic E-state index is 10.9. The van der Waals surface area contributed by atoms with Crippen molar-refractivity contribution in [2.75, 3.05) is 7.11 Å². The first kappa shape index (κ1) is 7.32. The normalized spacial score (nSPS) is 24.3. The van der Waals surface area contributed by atoms with Crippen LogP contribution in [0.2, 0.25) is 0 Å². The highest BCUT2D eigenvalue weighted by Gasteiger charge is 2.16. The Hall–Kier alpha value is -0.790. The van der Waals surface area contributed by atoms with E-state index in [-0.39, 0.29) is 11.9 Å². The van der Waals surface area contributed by atoms with Crippen molar-refractivity contribution in [3.05, 3.63) is 12.2 Å². The molecule has 1 aliphatic carbocycles. The molecule has 0 heterocycles. The van der Waals surface area contributed by atoms with Crippen LogP contribution in [0.1, 0.15) is 19.3 Å². The van der Waals surface area contributed by atoms with Crippen LogP contribution >= 0.6 is 0 Å². The Kier molecular flexibility index (Phi) is 2.49. The smallest absolute Gasteiger partial charge is 0.312 e. The van der Waals surface area contributed by atoms with Gasteiger partial charge in [-0.25, -0.2) is 0 Å². The fourth-order valence-corrected chi connectivity index (χ4v) is 1.16. The van der Waals surface area contributed by atoms with Crippen molar-refractivity contribution in [2.24, 2.45) is 5.92 Å². The van der Waals surface area contributed by atoms with Crippen molar-refractivity contribution in [3.63, 3.8) is 0 Å². The van der Waals surface area contributed by atoms with E-state index in [1.54, 1.807) is 0 Å². The van der Waals surface area contributed by atoms with Gasteiger partial charge in [-0.2, -0.15) is 0 Å². The molecule has 0 fully saturated rings. The maximum absolute atomic E-state index is 10.9. The van der Waals surface area contributed by atoms with Crippen LogP contribution in [0.25, 0.3) is 0 Å². The van der Waals surface area contributed by atoms with Crippen molar-refractivity contribution < 1.29 is 9.53 Å². The predicted octanol–water partition coefficient (Wildman–Crippen LogP) is 1.52. The van der Waals surface area contributed by atoms with E-state index in [2.05, 4.69) is 4.74 Å². The number of rotatable bonds is 1. The van der Waals surface area contributed by atoms with E-state index in [0.29, 0.717) is 0 Å². The molecule has 0 saturated carbocycles. The first-order chi connectivity index (χ1) is 4.84. The van der Waals surface area contributed by atoms with Crippen LogP contribution in [0.3, 0.4) is 0 Å². The molecule has 2 heteroatoms. The van der Waals surface area contributed by atoms with Gasteiger partial charge in [-0.15, -0.1) is 0 Å². The Bertz CT molecular complexity index is 149. The van der Waals surface area contributed by atoms with Gasteiger partial charge in [0.05, 0.1) is 13.0 Å². The molecule has 0 saturated heterocycles.